The molecule has 2 rings (SSSR count). The molecule has 0 bridgehead atoms. The number of aromatic nitrogens is 4. The molecular formula is C11H14BrN5O3. The number of nitrogens with one attached hydrogen (secondary N) is 1. The Labute approximate surface area is 122 Å². The Balaban J connectivity index is 2.16. The third-order valence-corrected chi connectivity index (χ3v) is 3.20. The first-order valence-corrected chi connectivity index (χ1v) is 6.72. The largest absolute Gasteiger partial charge is 0.434 e. The number of H-pyrrole nitrogens is 1. The molecule has 2 aromatic rings. The van der Waals surface area contributed by atoms with E-state index in [2.05, 4.69) is 31.2 Å². The summed E-state index contributed by atoms with van der Waals surface area (Å²) in [5.41, 5.74) is 0.305. The maximum Gasteiger partial charge on any atom is 0.434 e. The van der Waals surface area contributed by atoms with E-state index in [0.717, 1.165) is 0 Å². The molecule has 9 heteroatoms. The van der Waals surface area contributed by atoms with Crippen LogP contribution in [-0.2, 0) is 6.54 Å². The van der Waals surface area contributed by atoms with Crippen LogP contribution in [0.1, 0.15) is 36.3 Å². The molecule has 0 atom stereocenters. The third-order valence-electron chi connectivity index (χ3n) is 2.62. The maximum atomic E-state index is 12.3. The predicted octanol–water partition coefficient (Wildman–Crippen LogP) is 1.17. The van der Waals surface area contributed by atoms with Crippen LogP contribution in [0.15, 0.2) is 19.9 Å². The SMILES string of the molecule is CC(C)n1cc(Br)c(C(=O)N(C)Cc2n[nH]c(=O)o2)n1. The molecule has 0 spiro atoms. The van der Waals surface area contributed by atoms with Crippen molar-refractivity contribution in [3.63, 3.8) is 0 Å². The number of carbonyl (C=O) groups excluding carboxylic acids is 1. The van der Waals surface area contributed by atoms with E-state index in [9.17, 15) is 9.59 Å². The fourth-order valence-corrected chi connectivity index (χ4v) is 2.02. The van der Waals surface area contributed by atoms with E-state index in [1.165, 1.54) is 4.90 Å². The summed E-state index contributed by atoms with van der Waals surface area (Å²) in [5, 5.41) is 10.0. The summed E-state index contributed by atoms with van der Waals surface area (Å²) < 4.78 is 7.07. The predicted molar refractivity (Wildman–Crippen MR) is 73.2 cm³/mol. The number of hydrogen-bond donors (Lipinski definition) is 1. The molecule has 8 nitrogen and oxygen atoms in total. The maximum absolute atomic E-state index is 12.3. The quantitative estimate of drug-likeness (QED) is 0.898. The lowest BCUT2D eigenvalue weighted by molar-refractivity contribution is 0.0764. The van der Waals surface area contributed by atoms with E-state index in [-0.39, 0.29) is 24.4 Å². The smallest absolute Gasteiger partial charge is 0.391 e. The average molecular weight is 344 g/mol. The summed E-state index contributed by atoms with van der Waals surface area (Å²) >= 11 is 3.32. The molecule has 0 aliphatic rings. The standard InChI is InChI=1S/C11H14BrN5O3/c1-6(2)17-4-7(12)9(15-17)10(18)16(3)5-8-13-14-11(19)20-8/h4,6H,5H2,1-3H3,(H,14,19). The van der Waals surface area contributed by atoms with Gasteiger partial charge in [-0.25, -0.2) is 9.89 Å². The number of carbonyl (C=O) groups is 1. The second-order valence-electron chi connectivity index (χ2n) is 4.57. The fourth-order valence-electron chi connectivity index (χ4n) is 1.56. The van der Waals surface area contributed by atoms with Crippen LogP contribution in [0, 0.1) is 0 Å². The first kappa shape index (κ1) is 14.5. The monoisotopic (exact) mass is 343 g/mol. The van der Waals surface area contributed by atoms with Crippen LogP contribution in [0.5, 0.6) is 0 Å². The molecule has 0 unspecified atom stereocenters. The van der Waals surface area contributed by atoms with Crippen molar-refractivity contribution in [2.24, 2.45) is 0 Å². The molecule has 0 saturated heterocycles. The molecule has 2 heterocycles. The lowest BCUT2D eigenvalue weighted by Crippen LogP contribution is -2.27. The van der Waals surface area contributed by atoms with Crippen LogP contribution in [0.3, 0.4) is 0 Å². The number of nitrogens with zero attached hydrogens (tertiary/aromatic N) is 4. The second kappa shape index (κ2) is 5.61. The molecule has 0 radical (unpaired) electrons. The van der Waals surface area contributed by atoms with Gasteiger partial charge in [-0.15, -0.1) is 5.10 Å². The van der Waals surface area contributed by atoms with Crippen molar-refractivity contribution in [1.82, 2.24) is 24.9 Å². The normalized spacial score (nSPS) is 11.1. The summed E-state index contributed by atoms with van der Waals surface area (Å²) in [4.78, 5) is 24.5. The van der Waals surface area contributed by atoms with Gasteiger partial charge >= 0.3 is 5.76 Å². The van der Waals surface area contributed by atoms with Gasteiger partial charge in [-0.3, -0.25) is 9.48 Å². The Kier molecular flexibility index (Phi) is 4.07. The van der Waals surface area contributed by atoms with Crippen LogP contribution >= 0.6 is 15.9 Å². The Morgan fingerprint density at radius 2 is 2.30 bits per heavy atom. The summed E-state index contributed by atoms with van der Waals surface area (Å²) in [5.74, 6) is -0.793. The summed E-state index contributed by atoms with van der Waals surface area (Å²) in [6, 6.07) is 0.155. The summed E-state index contributed by atoms with van der Waals surface area (Å²) in [6.45, 7) is 4.02. The van der Waals surface area contributed by atoms with Gasteiger partial charge in [-0.05, 0) is 29.8 Å². The second-order valence-corrected chi connectivity index (χ2v) is 5.42. The van der Waals surface area contributed by atoms with Crippen molar-refractivity contribution in [3.8, 4) is 0 Å². The molecule has 0 aromatic carbocycles. The summed E-state index contributed by atoms with van der Waals surface area (Å²) in [6.07, 6.45) is 1.75. The van der Waals surface area contributed by atoms with Crippen molar-refractivity contribution in [1.29, 1.82) is 0 Å². The van der Waals surface area contributed by atoms with Crippen LogP contribution in [0.2, 0.25) is 0 Å². The molecule has 1 N–H and O–H groups in total. The van der Waals surface area contributed by atoms with Gasteiger partial charge in [0.2, 0.25) is 5.89 Å². The Morgan fingerprint density at radius 1 is 1.60 bits per heavy atom. The zero-order valence-electron chi connectivity index (χ0n) is 11.3. The highest BCUT2D eigenvalue weighted by molar-refractivity contribution is 9.10. The summed E-state index contributed by atoms with van der Waals surface area (Å²) in [7, 11) is 1.58. The lowest BCUT2D eigenvalue weighted by atomic mass is 10.3. The number of aromatic amines is 1. The number of rotatable bonds is 4. The molecule has 0 aliphatic carbocycles. The van der Waals surface area contributed by atoms with Crippen molar-refractivity contribution < 1.29 is 9.21 Å². The van der Waals surface area contributed by atoms with Crippen LogP contribution in [-0.4, -0.2) is 37.8 Å². The van der Waals surface area contributed by atoms with E-state index in [1.54, 1.807) is 17.9 Å². The van der Waals surface area contributed by atoms with Crippen molar-refractivity contribution >= 4 is 21.8 Å². The highest BCUT2D eigenvalue weighted by Crippen LogP contribution is 2.19. The minimum atomic E-state index is -0.647. The topological polar surface area (TPSA) is 97.0 Å². The zero-order chi connectivity index (χ0) is 14.9. The van der Waals surface area contributed by atoms with E-state index >= 15 is 0 Å². The minimum Gasteiger partial charge on any atom is -0.391 e. The van der Waals surface area contributed by atoms with E-state index in [4.69, 9.17) is 4.42 Å². The van der Waals surface area contributed by atoms with E-state index in [0.29, 0.717) is 10.2 Å². The Morgan fingerprint density at radius 3 is 2.80 bits per heavy atom. The Bertz CT molecular complexity index is 672. The van der Waals surface area contributed by atoms with Crippen LogP contribution in [0.25, 0.3) is 0 Å². The average Bonchev–Trinajstić information content (AvgIpc) is 2.95. The molecule has 0 aliphatic heterocycles. The fraction of sp³-hybridized carbons (Fsp3) is 0.455. The number of halogens is 1. The molecule has 108 valence electrons. The van der Waals surface area contributed by atoms with Gasteiger partial charge in [0, 0.05) is 19.3 Å². The highest BCUT2D eigenvalue weighted by Gasteiger charge is 2.21. The molecule has 0 saturated carbocycles. The van der Waals surface area contributed by atoms with Gasteiger partial charge in [0.1, 0.15) is 0 Å². The van der Waals surface area contributed by atoms with Crippen LogP contribution in [0.4, 0.5) is 0 Å². The molecule has 0 fully saturated rings. The first-order valence-electron chi connectivity index (χ1n) is 5.93. The lowest BCUT2D eigenvalue weighted by Gasteiger charge is -2.13. The van der Waals surface area contributed by atoms with Gasteiger partial charge in [-0.2, -0.15) is 5.10 Å². The van der Waals surface area contributed by atoms with Crippen LogP contribution < -0.4 is 5.76 Å². The van der Waals surface area contributed by atoms with Gasteiger partial charge < -0.3 is 9.32 Å². The van der Waals surface area contributed by atoms with Gasteiger partial charge in [0.15, 0.2) is 5.69 Å². The Hall–Kier alpha value is -1.90. The molecule has 20 heavy (non-hydrogen) atoms. The van der Waals surface area contributed by atoms with Gasteiger partial charge in [0.25, 0.3) is 5.91 Å². The highest BCUT2D eigenvalue weighted by atomic mass is 79.9. The van der Waals surface area contributed by atoms with E-state index in [1.807, 2.05) is 13.8 Å². The van der Waals surface area contributed by atoms with E-state index < -0.39 is 5.76 Å². The van der Waals surface area contributed by atoms with Crippen molar-refractivity contribution in [2.45, 2.75) is 26.4 Å². The minimum absolute atomic E-state index is 0.0819. The van der Waals surface area contributed by atoms with Crippen molar-refractivity contribution in [3.05, 3.63) is 32.8 Å². The molecule has 1 amide bonds. The van der Waals surface area contributed by atoms with Gasteiger partial charge in [-0.1, -0.05) is 0 Å². The molecular weight excluding hydrogens is 330 g/mol. The van der Waals surface area contributed by atoms with Gasteiger partial charge in [0.05, 0.1) is 11.0 Å². The third kappa shape index (κ3) is 2.98. The number of amides is 1. The zero-order valence-corrected chi connectivity index (χ0v) is 12.8. The molecule has 2 aromatic heterocycles. The van der Waals surface area contributed by atoms with Crippen molar-refractivity contribution in [2.75, 3.05) is 7.05 Å². The first-order chi connectivity index (χ1) is 9.38. The number of hydrogen-bond acceptors (Lipinski definition) is 5.